The molecule has 0 saturated carbocycles. The van der Waals surface area contributed by atoms with Gasteiger partial charge in [-0.3, -0.25) is 4.99 Å². The van der Waals surface area contributed by atoms with E-state index in [0.717, 1.165) is 16.6 Å². The van der Waals surface area contributed by atoms with E-state index < -0.39 is 0 Å². The first-order valence-electron chi connectivity index (χ1n) is 4.73. The molecule has 1 unspecified atom stereocenters. The van der Waals surface area contributed by atoms with Crippen LogP contribution in [0.1, 0.15) is 13.8 Å². The minimum Gasteiger partial charge on any atom is -0.255 e. The van der Waals surface area contributed by atoms with E-state index in [-0.39, 0.29) is 6.04 Å². The summed E-state index contributed by atoms with van der Waals surface area (Å²) in [7, 11) is 0. The maximum atomic E-state index is 4.23. The molecule has 2 rings (SSSR count). The fraction of sp³-hybridized carbons (Fsp3) is 0.400. The second kappa shape index (κ2) is 4.53. The first-order valence-corrected chi connectivity index (χ1v) is 5.71. The number of aliphatic imine (C=N–C) groups is 4. The van der Waals surface area contributed by atoms with Crippen molar-refractivity contribution < 1.29 is 0 Å². The van der Waals surface area contributed by atoms with Gasteiger partial charge in [0.05, 0.1) is 0 Å². The smallest absolute Gasteiger partial charge is 0.163 e. The van der Waals surface area contributed by atoms with E-state index in [2.05, 4.69) is 39.9 Å². The van der Waals surface area contributed by atoms with Gasteiger partial charge < -0.3 is 0 Å². The first kappa shape index (κ1) is 10.3. The zero-order valence-corrected chi connectivity index (χ0v) is 9.53. The summed E-state index contributed by atoms with van der Waals surface area (Å²) in [6.45, 7) is 4.18. The van der Waals surface area contributed by atoms with Gasteiger partial charge in [-0.05, 0) is 13.8 Å². The van der Waals surface area contributed by atoms with Crippen molar-refractivity contribution in [2.75, 3.05) is 5.75 Å². The van der Waals surface area contributed by atoms with Crippen LogP contribution in [-0.4, -0.2) is 35.4 Å². The molecule has 0 amide bonds. The molecule has 0 N–H and O–H groups in total. The first-order chi connectivity index (χ1) is 7.27. The monoisotopic (exact) mass is 220 g/mol. The van der Waals surface area contributed by atoms with Crippen LogP contribution in [0, 0.1) is 0 Å². The molecule has 0 spiro atoms. The molecule has 0 bridgehead atoms. The van der Waals surface area contributed by atoms with Gasteiger partial charge in [0.15, 0.2) is 11.9 Å². The van der Waals surface area contributed by atoms with Gasteiger partial charge in [0.1, 0.15) is 17.7 Å². The molecular weight excluding hydrogens is 208 g/mol. The number of allylic oxidation sites excluding steroid dienone is 1. The van der Waals surface area contributed by atoms with Crippen LogP contribution in [0.2, 0.25) is 0 Å². The molecular formula is C10H12N4S. The van der Waals surface area contributed by atoms with Crippen molar-refractivity contribution in [2.45, 2.75) is 19.9 Å². The number of nitrogens with zero attached hydrogens (tertiary/aromatic N) is 4. The third-order valence-corrected chi connectivity index (χ3v) is 2.94. The Morgan fingerprint density at radius 1 is 1.40 bits per heavy atom. The van der Waals surface area contributed by atoms with Crippen molar-refractivity contribution >= 4 is 35.3 Å². The second-order valence-corrected chi connectivity index (χ2v) is 4.50. The predicted molar refractivity (Wildman–Crippen MR) is 67.5 cm³/mol. The molecule has 0 fully saturated rings. The van der Waals surface area contributed by atoms with Gasteiger partial charge in [-0.15, -0.1) is 11.8 Å². The predicted octanol–water partition coefficient (Wildman–Crippen LogP) is 1.94. The molecule has 2 aliphatic rings. The molecule has 0 aliphatic carbocycles. The zero-order valence-electron chi connectivity index (χ0n) is 8.71. The summed E-state index contributed by atoms with van der Waals surface area (Å²) in [5.74, 6) is 1.68. The Morgan fingerprint density at radius 3 is 3.07 bits per heavy atom. The Balaban J connectivity index is 2.00. The van der Waals surface area contributed by atoms with Crippen LogP contribution in [0.25, 0.3) is 0 Å². The van der Waals surface area contributed by atoms with E-state index in [1.54, 1.807) is 24.4 Å². The van der Waals surface area contributed by atoms with Crippen LogP contribution < -0.4 is 0 Å². The fourth-order valence-electron chi connectivity index (χ4n) is 1.20. The molecule has 2 heterocycles. The van der Waals surface area contributed by atoms with Crippen LogP contribution >= 0.6 is 11.8 Å². The topological polar surface area (TPSA) is 49.4 Å². The summed E-state index contributed by atoms with van der Waals surface area (Å²) in [5, 5.41) is 0.981. The Hall–Kier alpha value is -1.23. The standard InChI is InChI=1S/C10H12N4S/c1-7(2)3-4-15-10-8-9(12-5-11-8)13-6-14-10/h3,5-6,8H,4H2,1-2H3. The third kappa shape index (κ3) is 2.41. The van der Waals surface area contributed by atoms with Gasteiger partial charge in [-0.2, -0.15) is 0 Å². The molecule has 15 heavy (non-hydrogen) atoms. The lowest BCUT2D eigenvalue weighted by Gasteiger charge is -2.12. The van der Waals surface area contributed by atoms with Gasteiger partial charge in [0.25, 0.3) is 0 Å². The maximum absolute atomic E-state index is 4.23. The number of amidine groups is 1. The highest BCUT2D eigenvalue weighted by Gasteiger charge is 2.25. The Kier molecular flexibility index (Phi) is 3.11. The van der Waals surface area contributed by atoms with Crippen LogP contribution in [0.4, 0.5) is 0 Å². The second-order valence-electron chi connectivity index (χ2n) is 3.46. The molecule has 2 aliphatic heterocycles. The van der Waals surface area contributed by atoms with Gasteiger partial charge in [0.2, 0.25) is 0 Å². The Bertz CT molecular complexity index is 400. The summed E-state index contributed by atoms with van der Waals surface area (Å²) in [6.07, 6.45) is 5.28. The van der Waals surface area contributed by atoms with Gasteiger partial charge in [-0.25, -0.2) is 15.0 Å². The maximum Gasteiger partial charge on any atom is 0.163 e. The molecule has 0 aromatic heterocycles. The summed E-state index contributed by atoms with van der Waals surface area (Å²) in [5.41, 5.74) is 1.32. The van der Waals surface area contributed by atoms with Crippen LogP contribution in [0.5, 0.6) is 0 Å². The molecule has 1 atom stereocenters. The van der Waals surface area contributed by atoms with E-state index in [0.29, 0.717) is 0 Å². The Labute approximate surface area is 93.0 Å². The number of hydrogen-bond donors (Lipinski definition) is 0. The van der Waals surface area contributed by atoms with Crippen molar-refractivity contribution in [3.8, 4) is 0 Å². The Morgan fingerprint density at radius 2 is 2.27 bits per heavy atom. The molecule has 0 aromatic rings. The lowest BCUT2D eigenvalue weighted by atomic mass is 10.3. The normalized spacial score (nSPS) is 22.1. The van der Waals surface area contributed by atoms with Gasteiger partial charge >= 0.3 is 0 Å². The van der Waals surface area contributed by atoms with Gasteiger partial charge in [-0.1, -0.05) is 11.6 Å². The fourth-order valence-corrected chi connectivity index (χ4v) is 2.23. The van der Waals surface area contributed by atoms with Crippen molar-refractivity contribution in [1.82, 2.24) is 0 Å². The highest BCUT2D eigenvalue weighted by Crippen LogP contribution is 2.18. The van der Waals surface area contributed by atoms with E-state index in [1.165, 1.54) is 5.57 Å². The summed E-state index contributed by atoms with van der Waals surface area (Å²) in [6, 6.07) is -0.0504. The van der Waals surface area contributed by atoms with Gasteiger partial charge in [0, 0.05) is 5.75 Å². The minimum atomic E-state index is -0.0504. The van der Waals surface area contributed by atoms with Crippen LogP contribution in [0.15, 0.2) is 31.6 Å². The lowest BCUT2D eigenvalue weighted by Crippen LogP contribution is -2.25. The highest BCUT2D eigenvalue weighted by molar-refractivity contribution is 8.14. The van der Waals surface area contributed by atoms with Crippen molar-refractivity contribution in [3.05, 3.63) is 11.6 Å². The van der Waals surface area contributed by atoms with Crippen LogP contribution in [-0.2, 0) is 0 Å². The number of rotatable bonds is 2. The number of hydrogen-bond acceptors (Lipinski definition) is 5. The molecule has 0 aromatic carbocycles. The summed E-state index contributed by atoms with van der Waals surface area (Å²) in [4.78, 5) is 16.6. The third-order valence-electron chi connectivity index (χ3n) is 1.98. The van der Waals surface area contributed by atoms with Crippen molar-refractivity contribution in [3.63, 3.8) is 0 Å². The average molecular weight is 220 g/mol. The summed E-state index contributed by atoms with van der Waals surface area (Å²) >= 11 is 1.69. The molecule has 5 heteroatoms. The zero-order chi connectivity index (χ0) is 10.7. The SMILES string of the molecule is CC(C)=CCSC1=NC=NC2=NC=NC21. The largest absolute Gasteiger partial charge is 0.255 e. The number of fused-ring (bicyclic) bond motifs is 1. The molecule has 0 radical (unpaired) electrons. The van der Waals surface area contributed by atoms with Crippen molar-refractivity contribution in [2.24, 2.45) is 20.0 Å². The van der Waals surface area contributed by atoms with Crippen LogP contribution in [0.3, 0.4) is 0 Å². The number of thioether (sulfide) groups is 1. The molecule has 4 nitrogen and oxygen atoms in total. The van der Waals surface area contributed by atoms with E-state index in [4.69, 9.17) is 0 Å². The van der Waals surface area contributed by atoms with E-state index >= 15 is 0 Å². The molecule has 78 valence electrons. The average Bonchev–Trinajstić information content (AvgIpc) is 2.65. The summed E-state index contributed by atoms with van der Waals surface area (Å²) < 4.78 is 0. The quantitative estimate of drug-likeness (QED) is 0.656. The minimum absolute atomic E-state index is 0.0504. The van der Waals surface area contributed by atoms with E-state index in [1.807, 2.05) is 0 Å². The highest BCUT2D eigenvalue weighted by atomic mass is 32.2. The lowest BCUT2D eigenvalue weighted by molar-refractivity contribution is 1.16. The molecule has 0 saturated heterocycles. The van der Waals surface area contributed by atoms with Crippen molar-refractivity contribution in [1.29, 1.82) is 0 Å². The van der Waals surface area contributed by atoms with E-state index in [9.17, 15) is 0 Å².